The van der Waals surface area contributed by atoms with Crippen LogP contribution in [0.1, 0.15) is 5.56 Å². The summed E-state index contributed by atoms with van der Waals surface area (Å²) in [6.45, 7) is 1.19. The van der Waals surface area contributed by atoms with E-state index in [-0.39, 0.29) is 0 Å². The van der Waals surface area contributed by atoms with Crippen molar-refractivity contribution in [2.24, 2.45) is 5.73 Å². The summed E-state index contributed by atoms with van der Waals surface area (Å²) in [4.78, 5) is 0. The molecule has 0 saturated carbocycles. The molecule has 3 aromatic rings. The third-order valence-electron chi connectivity index (χ3n) is 2.76. The molecule has 98 valence electrons. The summed E-state index contributed by atoms with van der Waals surface area (Å²) in [5, 5.41) is 16.0. The fourth-order valence-electron chi connectivity index (χ4n) is 1.85. The van der Waals surface area contributed by atoms with Crippen LogP contribution < -0.4 is 5.73 Å². The summed E-state index contributed by atoms with van der Waals surface area (Å²) in [6, 6.07) is 8.44. The lowest BCUT2D eigenvalue weighted by Crippen LogP contribution is -2.12. The second-order valence-electron chi connectivity index (χ2n) is 4.02. The minimum atomic E-state index is 0.542. The van der Waals surface area contributed by atoms with E-state index in [1.54, 1.807) is 27.8 Å². The van der Waals surface area contributed by atoms with E-state index in [1.807, 2.05) is 0 Å². The molecule has 0 bridgehead atoms. The second-order valence-corrected chi connectivity index (χ2v) is 5.87. The van der Waals surface area contributed by atoms with Crippen LogP contribution in [0.15, 0.2) is 34.8 Å². The Labute approximate surface area is 118 Å². The molecule has 3 rings (SSSR count). The molecule has 0 aliphatic rings. The van der Waals surface area contributed by atoms with Crippen molar-refractivity contribution in [1.29, 1.82) is 0 Å². The van der Waals surface area contributed by atoms with Crippen LogP contribution in [-0.2, 0) is 12.3 Å². The van der Waals surface area contributed by atoms with Gasteiger partial charge >= 0.3 is 0 Å². The van der Waals surface area contributed by atoms with Crippen molar-refractivity contribution in [3.05, 3.63) is 35.2 Å². The van der Waals surface area contributed by atoms with Crippen LogP contribution in [0.4, 0.5) is 0 Å². The molecule has 2 aromatic heterocycles. The minimum absolute atomic E-state index is 0.542. The molecule has 2 heterocycles. The summed E-state index contributed by atoms with van der Waals surface area (Å²) < 4.78 is 3.07. The van der Waals surface area contributed by atoms with Gasteiger partial charge in [-0.1, -0.05) is 30.0 Å². The van der Waals surface area contributed by atoms with E-state index in [0.29, 0.717) is 13.1 Å². The monoisotopic (exact) mass is 291 g/mol. The van der Waals surface area contributed by atoms with Gasteiger partial charge in [0.05, 0.1) is 6.54 Å². The largest absolute Gasteiger partial charge is 0.329 e. The fourth-order valence-corrected chi connectivity index (χ4v) is 3.81. The van der Waals surface area contributed by atoms with Crippen LogP contribution in [0.25, 0.3) is 10.1 Å². The molecule has 0 radical (unpaired) electrons. The molecule has 19 heavy (non-hydrogen) atoms. The molecule has 0 atom stereocenters. The number of fused-ring (bicyclic) bond motifs is 1. The Morgan fingerprint density at radius 3 is 3.11 bits per heavy atom. The Morgan fingerprint density at radius 1 is 1.32 bits per heavy atom. The first kappa shape index (κ1) is 12.6. The van der Waals surface area contributed by atoms with E-state index in [9.17, 15) is 0 Å². The first-order valence-electron chi connectivity index (χ1n) is 5.92. The first-order valence-corrected chi connectivity index (χ1v) is 7.79. The zero-order chi connectivity index (χ0) is 13.1. The molecule has 7 heteroatoms. The number of thioether (sulfide) groups is 1. The van der Waals surface area contributed by atoms with E-state index in [2.05, 4.69) is 45.2 Å². The van der Waals surface area contributed by atoms with Crippen LogP contribution in [-0.4, -0.2) is 26.8 Å². The highest BCUT2D eigenvalue weighted by molar-refractivity contribution is 7.98. The lowest BCUT2D eigenvalue weighted by Gasteiger charge is -2.02. The second kappa shape index (κ2) is 5.68. The first-order chi connectivity index (χ1) is 9.38. The SMILES string of the molecule is NCCn1nnnc1SCc1csc2ccccc12. The van der Waals surface area contributed by atoms with Crippen molar-refractivity contribution in [2.75, 3.05) is 6.54 Å². The molecule has 0 spiro atoms. The van der Waals surface area contributed by atoms with Gasteiger partial charge in [-0.3, -0.25) is 0 Å². The van der Waals surface area contributed by atoms with Gasteiger partial charge in [0.15, 0.2) is 0 Å². The maximum absolute atomic E-state index is 5.53. The Bertz CT molecular complexity index is 675. The number of hydrogen-bond acceptors (Lipinski definition) is 6. The lowest BCUT2D eigenvalue weighted by atomic mass is 10.2. The van der Waals surface area contributed by atoms with Gasteiger partial charge in [0.1, 0.15) is 0 Å². The third kappa shape index (κ3) is 2.63. The minimum Gasteiger partial charge on any atom is -0.329 e. The smallest absolute Gasteiger partial charge is 0.209 e. The van der Waals surface area contributed by atoms with Gasteiger partial charge in [0, 0.05) is 17.0 Å². The van der Waals surface area contributed by atoms with Crippen molar-refractivity contribution in [3.8, 4) is 0 Å². The maximum atomic E-state index is 5.53. The van der Waals surface area contributed by atoms with Crippen molar-refractivity contribution >= 4 is 33.2 Å². The Morgan fingerprint density at radius 2 is 2.21 bits per heavy atom. The van der Waals surface area contributed by atoms with Crippen molar-refractivity contribution in [1.82, 2.24) is 20.2 Å². The molecule has 2 N–H and O–H groups in total. The number of tetrazole rings is 1. The molecule has 0 aliphatic carbocycles. The van der Waals surface area contributed by atoms with Crippen LogP contribution in [0.3, 0.4) is 0 Å². The van der Waals surface area contributed by atoms with Crippen molar-refractivity contribution < 1.29 is 0 Å². The van der Waals surface area contributed by atoms with Gasteiger partial charge in [-0.05, 0) is 32.8 Å². The Kier molecular flexibility index (Phi) is 3.77. The lowest BCUT2D eigenvalue weighted by molar-refractivity contribution is 0.557. The molecule has 5 nitrogen and oxygen atoms in total. The van der Waals surface area contributed by atoms with Crippen molar-refractivity contribution in [2.45, 2.75) is 17.5 Å². The molecule has 1 aromatic carbocycles. The number of nitrogens with zero attached hydrogens (tertiary/aromatic N) is 4. The molecule has 0 fully saturated rings. The summed E-state index contributed by atoms with van der Waals surface area (Å²) in [5.74, 6) is 0.870. The van der Waals surface area contributed by atoms with Crippen LogP contribution in [0.2, 0.25) is 0 Å². The Balaban J connectivity index is 1.77. The normalized spacial score (nSPS) is 11.2. The molecular formula is C12H13N5S2. The Hall–Kier alpha value is -1.44. The number of benzene rings is 1. The van der Waals surface area contributed by atoms with Gasteiger partial charge in [-0.25, -0.2) is 4.68 Å². The fraction of sp³-hybridized carbons (Fsp3) is 0.250. The van der Waals surface area contributed by atoms with E-state index < -0.39 is 0 Å². The van der Waals surface area contributed by atoms with Gasteiger partial charge in [-0.2, -0.15) is 0 Å². The molecule has 0 amide bonds. The average Bonchev–Trinajstić information content (AvgIpc) is 3.04. The van der Waals surface area contributed by atoms with Gasteiger partial charge in [-0.15, -0.1) is 16.4 Å². The van der Waals surface area contributed by atoms with Crippen molar-refractivity contribution in [3.63, 3.8) is 0 Å². The summed E-state index contributed by atoms with van der Waals surface area (Å²) >= 11 is 3.42. The predicted octanol–water partition coefficient (Wildman–Crippen LogP) is 2.14. The summed E-state index contributed by atoms with van der Waals surface area (Å²) in [7, 11) is 0. The third-order valence-corrected chi connectivity index (χ3v) is 4.78. The number of rotatable bonds is 5. The number of aromatic nitrogens is 4. The average molecular weight is 291 g/mol. The number of hydrogen-bond donors (Lipinski definition) is 1. The molecular weight excluding hydrogens is 278 g/mol. The quantitative estimate of drug-likeness (QED) is 0.729. The molecule has 0 aliphatic heterocycles. The van der Waals surface area contributed by atoms with E-state index >= 15 is 0 Å². The topological polar surface area (TPSA) is 69.6 Å². The van der Waals surface area contributed by atoms with Crippen LogP contribution in [0.5, 0.6) is 0 Å². The van der Waals surface area contributed by atoms with E-state index in [1.165, 1.54) is 15.6 Å². The number of thiophene rings is 1. The molecule has 0 saturated heterocycles. The number of nitrogens with two attached hydrogens (primary N) is 1. The maximum Gasteiger partial charge on any atom is 0.209 e. The highest BCUT2D eigenvalue weighted by atomic mass is 32.2. The highest BCUT2D eigenvalue weighted by Gasteiger charge is 2.09. The van der Waals surface area contributed by atoms with Gasteiger partial charge in [0.25, 0.3) is 0 Å². The van der Waals surface area contributed by atoms with E-state index in [0.717, 1.165) is 10.9 Å². The van der Waals surface area contributed by atoms with Crippen LogP contribution >= 0.6 is 23.1 Å². The highest BCUT2D eigenvalue weighted by Crippen LogP contribution is 2.30. The standard InChI is InChI=1S/C12H13N5S2/c13-5-6-17-12(14-15-16-17)19-8-9-7-18-11-4-2-1-3-10(9)11/h1-4,7H,5-6,8,13H2. The van der Waals surface area contributed by atoms with Gasteiger partial charge in [0.2, 0.25) is 5.16 Å². The molecule has 0 unspecified atom stereocenters. The van der Waals surface area contributed by atoms with E-state index in [4.69, 9.17) is 5.73 Å². The summed E-state index contributed by atoms with van der Waals surface area (Å²) in [6.07, 6.45) is 0. The predicted molar refractivity (Wildman–Crippen MR) is 78.3 cm³/mol. The zero-order valence-corrected chi connectivity index (χ0v) is 11.8. The van der Waals surface area contributed by atoms with Crippen LogP contribution in [0, 0.1) is 0 Å². The van der Waals surface area contributed by atoms with Gasteiger partial charge < -0.3 is 5.73 Å². The zero-order valence-electron chi connectivity index (χ0n) is 10.2. The summed E-state index contributed by atoms with van der Waals surface area (Å²) in [5.41, 5.74) is 6.86.